The molecule has 1 aliphatic heterocycles. The number of sulfonamides is 1. The third kappa shape index (κ3) is 4.17. The summed E-state index contributed by atoms with van der Waals surface area (Å²) in [5.41, 5.74) is 0.882. The third-order valence-electron chi connectivity index (χ3n) is 4.41. The van der Waals surface area contributed by atoms with E-state index in [1.54, 1.807) is 36.2 Å². The van der Waals surface area contributed by atoms with E-state index in [-0.39, 0.29) is 16.8 Å². The zero-order valence-corrected chi connectivity index (χ0v) is 15.8. The standard InChI is InChI=1S/C18H20ClN3O3S/c1-22(16-10-11-20-12-16)18(23)13-2-8-17(9-3-13)26(24,25)21-15-6-4-14(19)5-7-15/h2-9,16,20-21H,10-12H2,1H3. The molecule has 138 valence electrons. The summed E-state index contributed by atoms with van der Waals surface area (Å²) in [7, 11) is -1.96. The van der Waals surface area contributed by atoms with Crippen molar-refractivity contribution in [2.75, 3.05) is 24.9 Å². The molecule has 0 spiro atoms. The molecule has 8 heteroatoms. The highest BCUT2D eigenvalue weighted by molar-refractivity contribution is 7.92. The number of carbonyl (C=O) groups is 1. The number of nitrogens with one attached hydrogen (secondary N) is 2. The highest BCUT2D eigenvalue weighted by atomic mass is 35.5. The van der Waals surface area contributed by atoms with Crippen LogP contribution in [-0.2, 0) is 10.0 Å². The molecule has 1 fully saturated rings. The summed E-state index contributed by atoms with van der Waals surface area (Å²) in [5, 5.41) is 3.75. The minimum atomic E-state index is -3.73. The minimum Gasteiger partial charge on any atom is -0.337 e. The fraction of sp³-hybridized carbons (Fsp3) is 0.278. The molecule has 0 aliphatic carbocycles. The largest absolute Gasteiger partial charge is 0.337 e. The van der Waals surface area contributed by atoms with Crippen LogP contribution in [0.3, 0.4) is 0 Å². The Kier molecular flexibility index (Phi) is 5.50. The Morgan fingerprint density at radius 2 is 1.81 bits per heavy atom. The molecule has 0 aromatic heterocycles. The molecule has 2 aromatic rings. The van der Waals surface area contributed by atoms with Crippen LogP contribution in [0.4, 0.5) is 5.69 Å². The first kappa shape index (κ1) is 18.7. The van der Waals surface area contributed by atoms with Crippen LogP contribution in [0.1, 0.15) is 16.8 Å². The van der Waals surface area contributed by atoms with E-state index in [2.05, 4.69) is 10.0 Å². The van der Waals surface area contributed by atoms with Crippen LogP contribution in [0.5, 0.6) is 0 Å². The Bertz CT molecular complexity index is 877. The molecule has 2 aromatic carbocycles. The number of anilines is 1. The quantitative estimate of drug-likeness (QED) is 0.818. The van der Waals surface area contributed by atoms with Crippen molar-refractivity contribution < 1.29 is 13.2 Å². The maximum absolute atomic E-state index is 12.5. The van der Waals surface area contributed by atoms with Gasteiger partial charge in [-0.25, -0.2) is 8.42 Å². The van der Waals surface area contributed by atoms with Crippen molar-refractivity contribution in [3.05, 3.63) is 59.1 Å². The second-order valence-electron chi connectivity index (χ2n) is 6.20. The summed E-state index contributed by atoms with van der Waals surface area (Å²) in [6.07, 6.45) is 0.916. The molecule has 1 heterocycles. The highest BCUT2D eigenvalue weighted by Crippen LogP contribution is 2.19. The summed E-state index contributed by atoms with van der Waals surface area (Å²) < 4.78 is 27.4. The smallest absolute Gasteiger partial charge is 0.261 e. The van der Waals surface area contributed by atoms with Crippen LogP contribution < -0.4 is 10.0 Å². The van der Waals surface area contributed by atoms with Crippen LogP contribution >= 0.6 is 11.6 Å². The Morgan fingerprint density at radius 3 is 2.38 bits per heavy atom. The molecule has 0 saturated carbocycles. The molecule has 0 bridgehead atoms. The van der Waals surface area contributed by atoms with Crippen molar-refractivity contribution in [3.63, 3.8) is 0 Å². The van der Waals surface area contributed by atoms with E-state index in [1.165, 1.54) is 24.3 Å². The number of amides is 1. The first-order valence-electron chi connectivity index (χ1n) is 8.23. The van der Waals surface area contributed by atoms with Crippen LogP contribution in [0, 0.1) is 0 Å². The number of likely N-dealkylation sites (N-methyl/N-ethyl adjacent to an activating group) is 1. The molecule has 1 aliphatic rings. The molecule has 0 radical (unpaired) electrons. The third-order valence-corrected chi connectivity index (χ3v) is 6.06. The van der Waals surface area contributed by atoms with E-state index in [0.717, 1.165) is 19.5 Å². The van der Waals surface area contributed by atoms with E-state index >= 15 is 0 Å². The van der Waals surface area contributed by atoms with Gasteiger partial charge in [-0.2, -0.15) is 0 Å². The van der Waals surface area contributed by atoms with Gasteiger partial charge in [-0.3, -0.25) is 9.52 Å². The Morgan fingerprint density at radius 1 is 1.15 bits per heavy atom. The van der Waals surface area contributed by atoms with Crippen molar-refractivity contribution in [1.29, 1.82) is 0 Å². The highest BCUT2D eigenvalue weighted by Gasteiger charge is 2.24. The number of nitrogens with zero attached hydrogens (tertiary/aromatic N) is 1. The summed E-state index contributed by atoms with van der Waals surface area (Å²) >= 11 is 5.80. The van der Waals surface area contributed by atoms with Gasteiger partial charge >= 0.3 is 0 Å². The van der Waals surface area contributed by atoms with Gasteiger partial charge in [-0.05, 0) is 61.5 Å². The second kappa shape index (κ2) is 7.65. The lowest BCUT2D eigenvalue weighted by Crippen LogP contribution is -2.38. The van der Waals surface area contributed by atoms with Crippen LogP contribution in [0.15, 0.2) is 53.4 Å². The number of benzene rings is 2. The molecular formula is C18H20ClN3O3S. The topological polar surface area (TPSA) is 78.5 Å². The van der Waals surface area contributed by atoms with Crippen LogP contribution in [0.25, 0.3) is 0 Å². The molecule has 1 saturated heterocycles. The molecule has 26 heavy (non-hydrogen) atoms. The number of rotatable bonds is 5. The zero-order chi connectivity index (χ0) is 18.7. The van der Waals surface area contributed by atoms with Gasteiger partial charge in [0.2, 0.25) is 0 Å². The number of hydrogen-bond acceptors (Lipinski definition) is 4. The fourth-order valence-corrected chi connectivity index (χ4v) is 4.03. The summed E-state index contributed by atoms with van der Waals surface area (Å²) in [6, 6.07) is 12.5. The van der Waals surface area contributed by atoms with E-state index in [0.29, 0.717) is 16.3 Å². The van der Waals surface area contributed by atoms with Crippen molar-refractivity contribution >= 4 is 33.2 Å². The normalized spacial score (nSPS) is 17.1. The van der Waals surface area contributed by atoms with Crippen molar-refractivity contribution in [3.8, 4) is 0 Å². The molecule has 3 rings (SSSR count). The maximum Gasteiger partial charge on any atom is 0.261 e. The number of halogens is 1. The lowest BCUT2D eigenvalue weighted by atomic mass is 10.1. The molecule has 2 N–H and O–H groups in total. The summed E-state index contributed by atoms with van der Waals surface area (Å²) in [5.74, 6) is -0.117. The molecule has 1 atom stereocenters. The number of carbonyl (C=O) groups excluding carboxylic acids is 1. The van der Waals surface area contributed by atoms with Gasteiger partial charge < -0.3 is 10.2 Å². The van der Waals surface area contributed by atoms with Gasteiger partial charge in [0.05, 0.1) is 4.90 Å². The van der Waals surface area contributed by atoms with Gasteiger partial charge in [0, 0.05) is 35.9 Å². The molecule has 1 amide bonds. The molecular weight excluding hydrogens is 374 g/mol. The monoisotopic (exact) mass is 393 g/mol. The fourth-order valence-electron chi connectivity index (χ4n) is 2.85. The second-order valence-corrected chi connectivity index (χ2v) is 8.32. The molecule has 1 unspecified atom stereocenters. The number of hydrogen-bond donors (Lipinski definition) is 2. The lowest BCUT2D eigenvalue weighted by Gasteiger charge is -2.23. The summed E-state index contributed by atoms with van der Waals surface area (Å²) in [6.45, 7) is 1.68. The van der Waals surface area contributed by atoms with Crippen LogP contribution in [0.2, 0.25) is 5.02 Å². The Balaban J connectivity index is 1.73. The van der Waals surface area contributed by atoms with Gasteiger partial charge in [0.1, 0.15) is 0 Å². The van der Waals surface area contributed by atoms with Gasteiger partial charge in [0.25, 0.3) is 15.9 Å². The average Bonchev–Trinajstić information content (AvgIpc) is 3.17. The lowest BCUT2D eigenvalue weighted by molar-refractivity contribution is 0.0743. The SMILES string of the molecule is CN(C(=O)c1ccc(S(=O)(=O)Nc2ccc(Cl)cc2)cc1)C1CCNC1. The van der Waals surface area contributed by atoms with E-state index < -0.39 is 10.0 Å². The first-order chi connectivity index (χ1) is 12.4. The summed E-state index contributed by atoms with van der Waals surface area (Å²) in [4.78, 5) is 14.3. The van der Waals surface area contributed by atoms with Crippen molar-refractivity contribution in [2.24, 2.45) is 0 Å². The average molecular weight is 394 g/mol. The van der Waals surface area contributed by atoms with E-state index in [4.69, 9.17) is 11.6 Å². The Hall–Kier alpha value is -2.09. The predicted molar refractivity (Wildman–Crippen MR) is 102 cm³/mol. The minimum absolute atomic E-state index is 0.0918. The molecule has 6 nitrogen and oxygen atoms in total. The maximum atomic E-state index is 12.5. The van der Waals surface area contributed by atoms with Crippen molar-refractivity contribution in [2.45, 2.75) is 17.4 Å². The van der Waals surface area contributed by atoms with Gasteiger partial charge in [-0.15, -0.1) is 0 Å². The van der Waals surface area contributed by atoms with Crippen LogP contribution in [-0.4, -0.2) is 45.4 Å². The van der Waals surface area contributed by atoms with E-state index in [1.807, 2.05) is 0 Å². The predicted octanol–water partition coefficient (Wildman–Crippen LogP) is 2.57. The van der Waals surface area contributed by atoms with Crippen molar-refractivity contribution in [1.82, 2.24) is 10.2 Å². The Labute approximate surface area is 158 Å². The first-order valence-corrected chi connectivity index (χ1v) is 10.1. The zero-order valence-electron chi connectivity index (χ0n) is 14.3. The van der Waals surface area contributed by atoms with Gasteiger partial charge in [0.15, 0.2) is 0 Å². The van der Waals surface area contributed by atoms with E-state index in [9.17, 15) is 13.2 Å². The van der Waals surface area contributed by atoms with Gasteiger partial charge in [-0.1, -0.05) is 11.6 Å².